The molecule has 1 aliphatic heterocycles. The molecule has 3 fully saturated rings. The van der Waals surface area contributed by atoms with E-state index in [0.717, 1.165) is 12.8 Å². The predicted octanol–water partition coefficient (Wildman–Crippen LogP) is 0.752. The van der Waals surface area contributed by atoms with Gasteiger partial charge in [0.05, 0.1) is 23.5 Å². The number of carboxylic acids is 1. The summed E-state index contributed by atoms with van der Waals surface area (Å²) in [6.07, 6.45) is 6.49. The fraction of sp³-hybridized carbons (Fsp3) is 0.389. The number of fused-ring (bicyclic) bond motifs is 3. The highest BCUT2D eigenvalue weighted by Crippen LogP contribution is 2.73. The minimum absolute atomic E-state index is 0.0340. The van der Waals surface area contributed by atoms with Crippen LogP contribution < -0.4 is 10.0 Å². The molecule has 23 heavy (non-hydrogen) atoms. The number of benzene rings is 1. The summed E-state index contributed by atoms with van der Waals surface area (Å²) in [6, 6.07) is 5.75. The van der Waals surface area contributed by atoms with Crippen LogP contribution in [0.1, 0.15) is 23.2 Å². The number of hydrogen-bond acceptors (Lipinski definition) is 4. The molecule has 3 aliphatic carbocycles. The van der Waals surface area contributed by atoms with Crippen molar-refractivity contribution >= 4 is 23.5 Å². The second-order valence-corrected chi connectivity index (χ2v) is 7.07. The SMILES string of the molecule is O=C([O-])c1ccc(N2C(=O)[C@@H]3[C@H](C2=O)[C@H]2C=C[C@@H]3C23CC3)cc1. The van der Waals surface area contributed by atoms with Crippen molar-refractivity contribution in [3.63, 3.8) is 0 Å². The third kappa shape index (κ3) is 1.41. The van der Waals surface area contributed by atoms with E-state index in [-0.39, 0.29) is 46.5 Å². The van der Waals surface area contributed by atoms with E-state index in [1.54, 1.807) is 0 Å². The number of nitrogens with zero attached hydrogens (tertiary/aromatic N) is 1. The molecule has 1 saturated heterocycles. The lowest BCUT2D eigenvalue weighted by atomic mass is 9.85. The average molecular weight is 308 g/mol. The van der Waals surface area contributed by atoms with Gasteiger partial charge in [-0.15, -0.1) is 0 Å². The van der Waals surface area contributed by atoms with Crippen LogP contribution in [-0.4, -0.2) is 17.8 Å². The number of aromatic carboxylic acids is 1. The topological polar surface area (TPSA) is 77.5 Å². The summed E-state index contributed by atoms with van der Waals surface area (Å²) in [4.78, 5) is 37.8. The molecule has 2 amide bonds. The molecular formula is C18H14NO4-. The molecule has 1 aromatic rings. The van der Waals surface area contributed by atoms with Gasteiger partial charge in [-0.25, -0.2) is 0 Å². The van der Waals surface area contributed by atoms with Crippen molar-refractivity contribution in [2.45, 2.75) is 12.8 Å². The van der Waals surface area contributed by atoms with Crippen LogP contribution in [0.3, 0.4) is 0 Å². The van der Waals surface area contributed by atoms with Gasteiger partial charge in [0.1, 0.15) is 0 Å². The molecule has 2 saturated carbocycles. The summed E-state index contributed by atoms with van der Waals surface area (Å²) < 4.78 is 0. The second kappa shape index (κ2) is 3.91. The highest BCUT2D eigenvalue weighted by Gasteiger charge is 2.73. The Morgan fingerprint density at radius 2 is 1.52 bits per heavy atom. The van der Waals surface area contributed by atoms with Crippen LogP contribution >= 0.6 is 0 Å². The van der Waals surface area contributed by atoms with E-state index in [2.05, 4.69) is 12.2 Å². The van der Waals surface area contributed by atoms with Gasteiger partial charge in [0.15, 0.2) is 0 Å². The van der Waals surface area contributed by atoms with Gasteiger partial charge in [-0.05, 0) is 47.8 Å². The van der Waals surface area contributed by atoms with Crippen molar-refractivity contribution in [3.05, 3.63) is 42.0 Å². The molecule has 0 radical (unpaired) electrons. The van der Waals surface area contributed by atoms with E-state index < -0.39 is 5.97 Å². The van der Waals surface area contributed by atoms with E-state index >= 15 is 0 Å². The first-order chi connectivity index (χ1) is 11.0. The van der Waals surface area contributed by atoms with Gasteiger partial charge in [-0.2, -0.15) is 0 Å². The van der Waals surface area contributed by atoms with E-state index in [1.807, 2.05) is 0 Å². The number of amides is 2. The minimum Gasteiger partial charge on any atom is -0.545 e. The molecule has 4 aliphatic rings. The molecule has 2 bridgehead atoms. The fourth-order valence-electron chi connectivity index (χ4n) is 5.08. The molecule has 5 rings (SSSR count). The number of hydrogen-bond donors (Lipinski definition) is 0. The Labute approximate surface area is 132 Å². The third-order valence-electron chi connectivity index (χ3n) is 6.21. The van der Waals surface area contributed by atoms with E-state index in [4.69, 9.17) is 0 Å². The summed E-state index contributed by atoms with van der Waals surface area (Å²) in [7, 11) is 0. The molecule has 116 valence electrons. The van der Waals surface area contributed by atoms with Gasteiger partial charge >= 0.3 is 0 Å². The maximum atomic E-state index is 12.9. The van der Waals surface area contributed by atoms with Gasteiger partial charge in [0, 0.05) is 0 Å². The van der Waals surface area contributed by atoms with Crippen LogP contribution in [0.15, 0.2) is 36.4 Å². The number of anilines is 1. The quantitative estimate of drug-likeness (QED) is 0.597. The number of rotatable bonds is 2. The Bertz CT molecular complexity index is 756. The maximum Gasteiger partial charge on any atom is 0.238 e. The number of carbonyl (C=O) groups is 3. The van der Waals surface area contributed by atoms with Gasteiger partial charge < -0.3 is 9.90 Å². The summed E-state index contributed by atoms with van der Waals surface area (Å²) >= 11 is 0. The number of allylic oxidation sites excluding steroid dienone is 2. The lowest BCUT2D eigenvalue weighted by molar-refractivity contribution is -0.255. The van der Waals surface area contributed by atoms with Crippen molar-refractivity contribution in [2.24, 2.45) is 29.1 Å². The van der Waals surface area contributed by atoms with Crippen molar-refractivity contribution in [1.82, 2.24) is 0 Å². The molecule has 5 nitrogen and oxygen atoms in total. The summed E-state index contributed by atoms with van der Waals surface area (Å²) in [5.41, 5.74) is 0.668. The largest absolute Gasteiger partial charge is 0.545 e. The monoisotopic (exact) mass is 308 g/mol. The van der Waals surface area contributed by atoms with Crippen LogP contribution in [0.4, 0.5) is 5.69 Å². The molecule has 4 atom stereocenters. The van der Waals surface area contributed by atoms with Crippen LogP contribution in [-0.2, 0) is 9.59 Å². The van der Waals surface area contributed by atoms with E-state index in [1.165, 1.54) is 29.2 Å². The molecule has 5 heteroatoms. The van der Waals surface area contributed by atoms with Gasteiger partial charge in [0.2, 0.25) is 11.8 Å². The maximum absolute atomic E-state index is 12.9. The lowest BCUT2D eigenvalue weighted by Gasteiger charge is -2.22. The van der Waals surface area contributed by atoms with Gasteiger partial charge in [-0.3, -0.25) is 14.5 Å². The first-order valence-corrected chi connectivity index (χ1v) is 7.92. The Hall–Kier alpha value is -2.43. The third-order valence-corrected chi connectivity index (χ3v) is 6.21. The minimum atomic E-state index is -1.27. The van der Waals surface area contributed by atoms with Crippen LogP contribution in [0.5, 0.6) is 0 Å². The van der Waals surface area contributed by atoms with Crippen LogP contribution in [0.25, 0.3) is 0 Å². The standard InChI is InChI=1S/C18H15NO4/c20-15-13-11-5-6-12(18(11)7-8-18)14(13)16(21)19(15)10-3-1-9(2-4-10)17(22)23/h1-6,11-14H,7-8H2,(H,22,23)/p-1/t11-,12+,13-,14+. The van der Waals surface area contributed by atoms with Crippen molar-refractivity contribution < 1.29 is 19.5 Å². The zero-order valence-electron chi connectivity index (χ0n) is 12.3. The molecule has 1 spiro atoms. The molecule has 0 N–H and O–H groups in total. The number of imide groups is 1. The van der Waals surface area contributed by atoms with Crippen LogP contribution in [0, 0.1) is 29.1 Å². The molecule has 1 heterocycles. The highest BCUT2D eigenvalue weighted by atomic mass is 16.4. The summed E-state index contributed by atoms with van der Waals surface area (Å²) in [5, 5.41) is 10.8. The van der Waals surface area contributed by atoms with Crippen molar-refractivity contribution in [3.8, 4) is 0 Å². The smallest absolute Gasteiger partial charge is 0.238 e. The number of carbonyl (C=O) groups excluding carboxylic acids is 3. The second-order valence-electron chi connectivity index (χ2n) is 7.07. The Morgan fingerprint density at radius 1 is 1.00 bits per heavy atom. The molecular weight excluding hydrogens is 294 g/mol. The van der Waals surface area contributed by atoms with E-state index in [9.17, 15) is 19.5 Å². The molecule has 0 unspecified atom stereocenters. The summed E-state index contributed by atoms with van der Waals surface area (Å²) in [5.74, 6) is -1.62. The Balaban J connectivity index is 1.52. The van der Waals surface area contributed by atoms with Crippen molar-refractivity contribution in [1.29, 1.82) is 0 Å². The Kier molecular flexibility index (Phi) is 2.22. The zero-order valence-corrected chi connectivity index (χ0v) is 12.3. The fourth-order valence-corrected chi connectivity index (χ4v) is 5.08. The zero-order chi connectivity index (χ0) is 15.9. The van der Waals surface area contributed by atoms with Crippen LogP contribution in [0.2, 0.25) is 0 Å². The van der Waals surface area contributed by atoms with Crippen molar-refractivity contribution in [2.75, 3.05) is 4.90 Å². The normalized spacial score (nSPS) is 35.2. The van der Waals surface area contributed by atoms with Gasteiger partial charge in [0.25, 0.3) is 0 Å². The Morgan fingerprint density at radius 3 is 1.96 bits per heavy atom. The van der Waals surface area contributed by atoms with E-state index in [0.29, 0.717) is 5.69 Å². The molecule has 0 aromatic heterocycles. The lowest BCUT2D eigenvalue weighted by Crippen LogP contribution is -2.34. The summed E-state index contributed by atoms with van der Waals surface area (Å²) in [6.45, 7) is 0. The molecule has 1 aromatic carbocycles. The van der Waals surface area contributed by atoms with Gasteiger partial charge in [-0.1, -0.05) is 24.3 Å². The highest BCUT2D eigenvalue weighted by molar-refractivity contribution is 6.23. The predicted molar refractivity (Wildman–Crippen MR) is 78.0 cm³/mol. The number of carboxylic acid groups (broad SMARTS) is 1. The first-order valence-electron chi connectivity index (χ1n) is 7.92. The first kappa shape index (κ1) is 13.0. The average Bonchev–Trinajstić information content (AvgIpc) is 3.13.